The average molecular weight is 296 g/mol. The van der Waals surface area contributed by atoms with Crippen molar-refractivity contribution in [2.75, 3.05) is 19.0 Å². The van der Waals surface area contributed by atoms with Gasteiger partial charge in [-0.05, 0) is 25.0 Å². The molecule has 1 N–H and O–H groups in total. The molecule has 2 rings (SSSR count). The van der Waals surface area contributed by atoms with E-state index in [1.54, 1.807) is 24.5 Å². The van der Waals surface area contributed by atoms with Crippen LogP contribution in [0.1, 0.15) is 29.6 Å². The zero-order valence-electron chi connectivity index (χ0n) is 11.2. The van der Waals surface area contributed by atoms with Gasteiger partial charge < -0.3 is 10.2 Å². The van der Waals surface area contributed by atoms with Gasteiger partial charge in [-0.15, -0.1) is 11.6 Å². The van der Waals surface area contributed by atoms with E-state index in [2.05, 4.69) is 10.3 Å². The Kier molecular flexibility index (Phi) is 5.35. The van der Waals surface area contributed by atoms with E-state index in [0.717, 1.165) is 12.8 Å². The van der Waals surface area contributed by atoms with Gasteiger partial charge in [0.1, 0.15) is 0 Å². The second kappa shape index (κ2) is 7.24. The lowest BCUT2D eigenvalue weighted by Crippen LogP contribution is -2.46. The number of aromatic nitrogens is 1. The molecule has 1 saturated heterocycles. The lowest BCUT2D eigenvalue weighted by Gasteiger charge is -2.32. The van der Waals surface area contributed by atoms with Crippen molar-refractivity contribution in [2.45, 2.75) is 25.3 Å². The Morgan fingerprint density at radius 2 is 1.95 bits per heavy atom. The number of carbonyl (C=O) groups excluding carboxylic acids is 2. The first kappa shape index (κ1) is 14.8. The molecule has 1 aromatic heterocycles. The molecule has 1 aromatic rings. The van der Waals surface area contributed by atoms with Crippen molar-refractivity contribution >= 4 is 23.4 Å². The number of carbonyl (C=O) groups is 2. The number of hydrogen-bond acceptors (Lipinski definition) is 3. The van der Waals surface area contributed by atoms with Gasteiger partial charge in [0.05, 0.1) is 0 Å². The van der Waals surface area contributed by atoms with Crippen molar-refractivity contribution in [3.63, 3.8) is 0 Å². The molecule has 108 valence electrons. The van der Waals surface area contributed by atoms with Gasteiger partial charge in [-0.1, -0.05) is 0 Å². The number of likely N-dealkylation sites (tertiary alicyclic amines) is 1. The monoisotopic (exact) mass is 295 g/mol. The highest BCUT2D eigenvalue weighted by Gasteiger charge is 2.23. The average Bonchev–Trinajstić information content (AvgIpc) is 2.49. The number of rotatable bonds is 4. The maximum absolute atomic E-state index is 12.0. The van der Waals surface area contributed by atoms with Gasteiger partial charge in [-0.25, -0.2) is 0 Å². The first-order chi connectivity index (χ1) is 9.70. The summed E-state index contributed by atoms with van der Waals surface area (Å²) < 4.78 is 0. The van der Waals surface area contributed by atoms with Gasteiger partial charge in [0.2, 0.25) is 5.91 Å². The van der Waals surface area contributed by atoms with Crippen LogP contribution < -0.4 is 5.32 Å². The largest absolute Gasteiger partial charge is 0.349 e. The highest BCUT2D eigenvalue weighted by atomic mass is 35.5. The summed E-state index contributed by atoms with van der Waals surface area (Å²) in [5.41, 5.74) is 0.612. The van der Waals surface area contributed by atoms with Crippen molar-refractivity contribution in [2.24, 2.45) is 0 Å². The molecule has 0 aromatic carbocycles. The van der Waals surface area contributed by atoms with Crippen molar-refractivity contribution in [1.82, 2.24) is 15.2 Å². The summed E-state index contributed by atoms with van der Waals surface area (Å²) in [7, 11) is 0. The molecule has 0 aliphatic carbocycles. The number of nitrogens with zero attached hydrogens (tertiary/aromatic N) is 2. The fraction of sp³-hybridized carbons (Fsp3) is 0.500. The molecule has 0 spiro atoms. The van der Waals surface area contributed by atoms with Crippen LogP contribution in [0.25, 0.3) is 0 Å². The quantitative estimate of drug-likeness (QED) is 0.855. The van der Waals surface area contributed by atoms with E-state index in [9.17, 15) is 9.59 Å². The maximum Gasteiger partial charge on any atom is 0.251 e. The summed E-state index contributed by atoms with van der Waals surface area (Å²) >= 11 is 5.57. The molecule has 2 heterocycles. The van der Waals surface area contributed by atoms with Gasteiger partial charge in [-0.2, -0.15) is 0 Å². The third-order valence-electron chi connectivity index (χ3n) is 3.43. The van der Waals surface area contributed by atoms with Gasteiger partial charge in [-0.3, -0.25) is 14.6 Å². The molecule has 0 radical (unpaired) electrons. The Morgan fingerprint density at radius 1 is 1.30 bits per heavy atom. The second-order valence-electron chi connectivity index (χ2n) is 4.80. The number of hydrogen-bond donors (Lipinski definition) is 1. The highest BCUT2D eigenvalue weighted by molar-refractivity contribution is 6.18. The van der Waals surface area contributed by atoms with E-state index in [1.807, 2.05) is 4.90 Å². The summed E-state index contributed by atoms with van der Waals surface area (Å²) in [6, 6.07) is 3.50. The third-order valence-corrected chi connectivity index (χ3v) is 3.62. The van der Waals surface area contributed by atoms with Crippen molar-refractivity contribution < 1.29 is 9.59 Å². The van der Waals surface area contributed by atoms with E-state index < -0.39 is 0 Å². The summed E-state index contributed by atoms with van der Waals surface area (Å²) in [6.45, 7) is 1.36. The summed E-state index contributed by atoms with van der Waals surface area (Å²) in [5.74, 6) is 0.370. The molecule has 0 atom stereocenters. The van der Waals surface area contributed by atoms with Crippen LogP contribution in [0.3, 0.4) is 0 Å². The molecule has 5 nitrogen and oxygen atoms in total. The van der Waals surface area contributed by atoms with E-state index >= 15 is 0 Å². The molecule has 0 unspecified atom stereocenters. The molecule has 1 fully saturated rings. The first-order valence-electron chi connectivity index (χ1n) is 6.75. The number of nitrogens with one attached hydrogen (secondary N) is 1. The smallest absolute Gasteiger partial charge is 0.251 e. The minimum Gasteiger partial charge on any atom is -0.349 e. The molecule has 1 aliphatic heterocycles. The van der Waals surface area contributed by atoms with Crippen LogP contribution in [0.15, 0.2) is 24.5 Å². The standard InChI is InChI=1S/C14H18ClN3O2/c15-6-1-13(19)18-9-4-12(5-10-18)17-14(20)11-2-7-16-8-3-11/h2-3,7-8,12H,1,4-6,9-10H2,(H,17,20). The predicted octanol–water partition coefficient (Wildman–Crippen LogP) is 1.43. The lowest BCUT2D eigenvalue weighted by molar-refractivity contribution is -0.131. The Labute approximate surface area is 123 Å². The van der Waals surface area contributed by atoms with Gasteiger partial charge in [0.25, 0.3) is 5.91 Å². The molecule has 0 bridgehead atoms. The summed E-state index contributed by atoms with van der Waals surface area (Å²) in [5, 5.41) is 3.00. The molecule has 20 heavy (non-hydrogen) atoms. The SMILES string of the molecule is O=C(NC1CCN(C(=O)CCCl)CC1)c1ccncc1. The zero-order chi connectivity index (χ0) is 14.4. The van der Waals surface area contributed by atoms with Gasteiger partial charge >= 0.3 is 0 Å². The molecular formula is C14H18ClN3O2. The van der Waals surface area contributed by atoms with Crippen LogP contribution in [-0.2, 0) is 4.79 Å². The van der Waals surface area contributed by atoms with Gasteiger partial charge in [0.15, 0.2) is 0 Å². The Bertz CT molecular complexity index is 459. The second-order valence-corrected chi connectivity index (χ2v) is 5.18. The van der Waals surface area contributed by atoms with Crippen LogP contribution in [-0.4, -0.2) is 46.7 Å². The van der Waals surface area contributed by atoms with Crippen molar-refractivity contribution in [1.29, 1.82) is 0 Å². The number of amides is 2. The van der Waals surface area contributed by atoms with Crippen LogP contribution in [0, 0.1) is 0 Å². The number of halogens is 1. The van der Waals surface area contributed by atoms with E-state index in [4.69, 9.17) is 11.6 Å². The van der Waals surface area contributed by atoms with Crippen LogP contribution in [0.5, 0.6) is 0 Å². The highest BCUT2D eigenvalue weighted by Crippen LogP contribution is 2.12. The number of alkyl halides is 1. The van der Waals surface area contributed by atoms with E-state index in [0.29, 0.717) is 31.0 Å². The van der Waals surface area contributed by atoms with Gasteiger partial charge in [0, 0.05) is 49.4 Å². The molecule has 1 aliphatic rings. The van der Waals surface area contributed by atoms with Crippen molar-refractivity contribution in [3.05, 3.63) is 30.1 Å². The van der Waals surface area contributed by atoms with Crippen LogP contribution in [0.4, 0.5) is 0 Å². The molecule has 2 amide bonds. The Morgan fingerprint density at radius 3 is 2.55 bits per heavy atom. The van der Waals surface area contributed by atoms with E-state index in [-0.39, 0.29) is 17.9 Å². The van der Waals surface area contributed by atoms with Crippen LogP contribution in [0.2, 0.25) is 0 Å². The van der Waals surface area contributed by atoms with E-state index in [1.165, 1.54) is 0 Å². The molecular weight excluding hydrogens is 278 g/mol. The van der Waals surface area contributed by atoms with Crippen LogP contribution >= 0.6 is 11.6 Å². The van der Waals surface area contributed by atoms with Crippen molar-refractivity contribution in [3.8, 4) is 0 Å². The fourth-order valence-corrected chi connectivity index (χ4v) is 2.45. The maximum atomic E-state index is 12.0. The summed E-state index contributed by atoms with van der Waals surface area (Å²) in [6.07, 6.45) is 5.15. The summed E-state index contributed by atoms with van der Waals surface area (Å²) in [4.78, 5) is 29.4. The topological polar surface area (TPSA) is 62.3 Å². The number of piperidine rings is 1. The molecule has 0 saturated carbocycles. The zero-order valence-corrected chi connectivity index (χ0v) is 12.0. The normalized spacial score (nSPS) is 15.9. The third kappa shape index (κ3) is 3.93. The minimum absolute atomic E-state index is 0.0852. The number of pyridine rings is 1. The molecule has 6 heteroatoms. The Hall–Kier alpha value is -1.62. The Balaban J connectivity index is 1.80. The first-order valence-corrected chi connectivity index (χ1v) is 7.29. The predicted molar refractivity (Wildman–Crippen MR) is 76.6 cm³/mol. The minimum atomic E-state index is -0.0852. The lowest BCUT2D eigenvalue weighted by atomic mass is 10.0. The fourth-order valence-electron chi connectivity index (χ4n) is 2.28.